The van der Waals surface area contributed by atoms with E-state index in [0.717, 1.165) is 37.8 Å². The van der Waals surface area contributed by atoms with Gasteiger partial charge in [-0.2, -0.15) is 0 Å². The van der Waals surface area contributed by atoms with E-state index in [0.29, 0.717) is 0 Å². The summed E-state index contributed by atoms with van der Waals surface area (Å²) in [5.74, 6) is 0. The Morgan fingerprint density at radius 2 is 1.68 bits per heavy atom. The Bertz CT molecular complexity index is 1150. The van der Waals surface area contributed by atoms with Crippen molar-refractivity contribution in [3.8, 4) is 0 Å². The van der Waals surface area contributed by atoms with Crippen molar-refractivity contribution >= 4 is 38.9 Å². The number of benzene rings is 2. The number of aromatic nitrogens is 2. The molecule has 0 bridgehead atoms. The van der Waals surface area contributed by atoms with Gasteiger partial charge in [-0.15, -0.1) is 11.3 Å². The fraction of sp³-hybridized carbons (Fsp3) is 0.0455. The fourth-order valence-corrected chi connectivity index (χ4v) is 4.43. The lowest BCUT2D eigenvalue weighted by Crippen LogP contribution is -2.43. The van der Waals surface area contributed by atoms with Crippen LogP contribution in [0.1, 0.15) is 22.3 Å². The van der Waals surface area contributed by atoms with Crippen LogP contribution < -0.4 is 10.6 Å². The van der Waals surface area contributed by atoms with Crippen molar-refractivity contribution in [2.45, 2.75) is 6.04 Å². The molecule has 5 nitrogen and oxygen atoms in total. The van der Waals surface area contributed by atoms with Crippen LogP contribution in [0.15, 0.2) is 79.0 Å². The Labute approximate surface area is 165 Å². The maximum absolute atomic E-state index is 12.5. The van der Waals surface area contributed by atoms with Crippen LogP contribution in [-0.2, 0) is 0 Å². The molecule has 0 aliphatic carbocycles. The average Bonchev–Trinajstić information content (AvgIpc) is 3.18. The first kappa shape index (κ1) is 16.6. The van der Waals surface area contributed by atoms with Crippen LogP contribution in [-0.4, -0.2) is 16.0 Å². The molecule has 5 rings (SSSR count). The molecule has 2 amide bonds. The molecule has 0 saturated carbocycles. The number of fused-ring (bicyclic) bond motifs is 1. The van der Waals surface area contributed by atoms with E-state index in [-0.39, 0.29) is 12.1 Å². The van der Waals surface area contributed by atoms with Gasteiger partial charge in [0.2, 0.25) is 0 Å². The third-order valence-corrected chi connectivity index (χ3v) is 5.71. The van der Waals surface area contributed by atoms with Crippen LogP contribution in [0, 0.1) is 0 Å². The Morgan fingerprint density at radius 1 is 0.893 bits per heavy atom. The summed E-state index contributed by atoms with van der Waals surface area (Å²) in [6, 6.07) is 23.0. The molecule has 0 spiro atoms. The smallest absolute Gasteiger partial charge is 0.320 e. The molecule has 136 valence electrons. The lowest BCUT2D eigenvalue weighted by atomic mass is 9.96. The minimum Gasteiger partial charge on any atom is -0.325 e. The van der Waals surface area contributed by atoms with Crippen molar-refractivity contribution < 1.29 is 4.79 Å². The molecular formula is C22H16N4OS. The second kappa shape index (κ2) is 6.90. The number of rotatable bonds is 3. The lowest BCUT2D eigenvalue weighted by molar-refractivity contribution is 0.242. The fourth-order valence-electron chi connectivity index (χ4n) is 3.38. The van der Waals surface area contributed by atoms with Crippen LogP contribution >= 0.6 is 11.3 Å². The van der Waals surface area contributed by atoms with Crippen LogP contribution in [0.5, 0.6) is 0 Å². The van der Waals surface area contributed by atoms with E-state index < -0.39 is 0 Å². The van der Waals surface area contributed by atoms with E-state index >= 15 is 0 Å². The number of amides is 2. The molecule has 0 saturated heterocycles. The number of carbonyl (C=O) groups is 1. The molecule has 0 fully saturated rings. The quantitative estimate of drug-likeness (QED) is 0.542. The van der Waals surface area contributed by atoms with Gasteiger partial charge in [0.1, 0.15) is 11.0 Å². The van der Waals surface area contributed by atoms with Gasteiger partial charge in [-0.05, 0) is 29.8 Å². The first-order valence-electron chi connectivity index (χ1n) is 8.93. The van der Waals surface area contributed by atoms with Gasteiger partial charge in [-0.1, -0.05) is 48.5 Å². The highest BCUT2D eigenvalue weighted by Gasteiger charge is 2.32. The second-order valence-electron chi connectivity index (χ2n) is 6.43. The first-order valence-corrected chi connectivity index (χ1v) is 9.75. The molecule has 2 N–H and O–H groups in total. The van der Waals surface area contributed by atoms with Gasteiger partial charge >= 0.3 is 6.03 Å². The summed E-state index contributed by atoms with van der Waals surface area (Å²) in [4.78, 5) is 21.8. The molecule has 1 aliphatic rings. The molecular weight excluding hydrogens is 368 g/mol. The molecule has 4 aromatic rings. The van der Waals surface area contributed by atoms with E-state index in [9.17, 15) is 4.79 Å². The maximum atomic E-state index is 12.5. The third-order valence-electron chi connectivity index (χ3n) is 4.64. The topological polar surface area (TPSA) is 66.9 Å². The summed E-state index contributed by atoms with van der Waals surface area (Å²) < 4.78 is 1.11. The zero-order chi connectivity index (χ0) is 18.9. The number of nitrogens with one attached hydrogen (secondary N) is 2. The van der Waals surface area contributed by atoms with Gasteiger partial charge in [0.25, 0.3) is 0 Å². The molecule has 0 radical (unpaired) electrons. The minimum absolute atomic E-state index is 0.251. The lowest BCUT2D eigenvalue weighted by Gasteiger charge is -2.29. The predicted octanol–water partition coefficient (Wildman–Crippen LogP) is 4.61. The Hall–Kier alpha value is -3.51. The Balaban J connectivity index is 1.78. The van der Waals surface area contributed by atoms with Gasteiger partial charge in [0.15, 0.2) is 0 Å². The monoisotopic (exact) mass is 384 g/mol. The number of thiazole rings is 1. The third kappa shape index (κ3) is 2.93. The van der Waals surface area contributed by atoms with E-state index in [4.69, 9.17) is 4.98 Å². The number of hydrogen-bond donors (Lipinski definition) is 2. The maximum Gasteiger partial charge on any atom is 0.320 e. The summed E-state index contributed by atoms with van der Waals surface area (Å²) in [6.45, 7) is 0. The molecule has 2 aromatic carbocycles. The molecule has 3 heterocycles. The van der Waals surface area contributed by atoms with Gasteiger partial charge in [-0.25, -0.2) is 9.78 Å². The van der Waals surface area contributed by atoms with Gasteiger partial charge in [0.05, 0.1) is 21.6 Å². The largest absolute Gasteiger partial charge is 0.325 e. The number of carbonyl (C=O) groups excluding carboxylic acids is 1. The van der Waals surface area contributed by atoms with Gasteiger partial charge in [0, 0.05) is 11.8 Å². The number of pyridine rings is 1. The number of para-hydroxylation sites is 1. The zero-order valence-electron chi connectivity index (χ0n) is 14.8. The van der Waals surface area contributed by atoms with E-state index in [2.05, 4.69) is 21.7 Å². The standard InChI is InChI=1S/C22H16N4OS/c27-22-25-19(14-8-2-1-3-9-14)18(20(26-22)16-11-6-7-13-23-16)21-24-15-10-4-5-12-17(15)28-21/h1-13,20H,(H2,25,26,27)/t20-/m0/s1. The molecule has 0 unspecified atom stereocenters. The molecule has 6 heteroatoms. The summed E-state index contributed by atoms with van der Waals surface area (Å²) in [6.07, 6.45) is 1.74. The minimum atomic E-state index is -0.384. The first-order chi connectivity index (χ1) is 13.8. The van der Waals surface area contributed by atoms with Crippen LogP contribution in [0.25, 0.3) is 21.5 Å². The van der Waals surface area contributed by atoms with E-state index in [1.54, 1.807) is 17.5 Å². The molecule has 1 atom stereocenters. The highest BCUT2D eigenvalue weighted by Crippen LogP contribution is 2.40. The number of nitrogens with zero attached hydrogens (tertiary/aromatic N) is 2. The van der Waals surface area contributed by atoms with Gasteiger partial charge < -0.3 is 10.6 Å². The Morgan fingerprint density at radius 3 is 2.46 bits per heavy atom. The average molecular weight is 384 g/mol. The van der Waals surface area contributed by atoms with Crippen molar-refractivity contribution in [3.63, 3.8) is 0 Å². The number of urea groups is 1. The van der Waals surface area contributed by atoms with E-state index in [1.807, 2.05) is 66.7 Å². The number of hydrogen-bond acceptors (Lipinski definition) is 4. The van der Waals surface area contributed by atoms with Crippen molar-refractivity contribution in [2.24, 2.45) is 0 Å². The summed E-state index contributed by atoms with van der Waals surface area (Å²) >= 11 is 1.61. The summed E-state index contributed by atoms with van der Waals surface area (Å²) in [5.41, 5.74) is 4.34. The zero-order valence-corrected chi connectivity index (χ0v) is 15.6. The Kier molecular flexibility index (Phi) is 4.10. The second-order valence-corrected chi connectivity index (χ2v) is 7.46. The van der Waals surface area contributed by atoms with Crippen molar-refractivity contribution in [1.82, 2.24) is 20.6 Å². The van der Waals surface area contributed by atoms with Crippen LogP contribution in [0.3, 0.4) is 0 Å². The van der Waals surface area contributed by atoms with Crippen molar-refractivity contribution in [1.29, 1.82) is 0 Å². The van der Waals surface area contributed by atoms with Gasteiger partial charge in [-0.3, -0.25) is 4.98 Å². The summed E-state index contributed by atoms with van der Waals surface area (Å²) in [5, 5.41) is 6.88. The van der Waals surface area contributed by atoms with Crippen LogP contribution in [0.2, 0.25) is 0 Å². The molecule has 2 aromatic heterocycles. The van der Waals surface area contributed by atoms with Crippen LogP contribution in [0.4, 0.5) is 4.79 Å². The normalized spacial score (nSPS) is 16.7. The summed E-state index contributed by atoms with van der Waals surface area (Å²) in [7, 11) is 0. The van der Waals surface area contributed by atoms with Crippen molar-refractivity contribution in [2.75, 3.05) is 0 Å². The van der Waals surface area contributed by atoms with Crippen molar-refractivity contribution in [3.05, 3.63) is 95.3 Å². The predicted molar refractivity (Wildman–Crippen MR) is 112 cm³/mol. The SMILES string of the molecule is O=C1NC(c2ccccc2)=C(c2nc3ccccc3s2)[C@H](c2ccccn2)N1. The van der Waals surface area contributed by atoms with E-state index in [1.165, 1.54) is 0 Å². The molecule has 1 aliphatic heterocycles. The molecule has 28 heavy (non-hydrogen) atoms. The highest BCUT2D eigenvalue weighted by molar-refractivity contribution is 7.19. The highest BCUT2D eigenvalue weighted by atomic mass is 32.1.